The van der Waals surface area contributed by atoms with Crippen LogP contribution in [0.5, 0.6) is 0 Å². The molecule has 0 amide bonds. The molecule has 1 saturated carbocycles. The summed E-state index contributed by atoms with van der Waals surface area (Å²) >= 11 is 0. The highest BCUT2D eigenvalue weighted by molar-refractivity contribution is 5.11. The van der Waals surface area contributed by atoms with E-state index in [-0.39, 0.29) is 0 Å². The maximum Gasteiger partial charge on any atom is 0.0672 e. The van der Waals surface area contributed by atoms with Crippen LogP contribution in [0.15, 0.2) is 24.3 Å². The number of allylic oxidation sites excluding steroid dienone is 2. The lowest BCUT2D eigenvalue weighted by Crippen LogP contribution is -2.37. The molecule has 4 unspecified atom stereocenters. The maximum absolute atomic E-state index is 5.49. The monoisotopic (exact) mass is 235 g/mol. The van der Waals surface area contributed by atoms with Crippen molar-refractivity contribution in [2.45, 2.75) is 32.7 Å². The molecule has 0 aromatic heterocycles. The predicted molar refractivity (Wildman–Crippen MR) is 71.9 cm³/mol. The van der Waals surface area contributed by atoms with Gasteiger partial charge in [0.15, 0.2) is 0 Å². The number of hydrogen-bond acceptors (Lipinski definition) is 2. The summed E-state index contributed by atoms with van der Waals surface area (Å²) in [6.07, 6.45) is 7.60. The Morgan fingerprint density at radius 1 is 1.47 bits per heavy atom. The fourth-order valence-corrected chi connectivity index (χ4v) is 3.15. The van der Waals surface area contributed by atoms with Gasteiger partial charge in [-0.15, -0.1) is 0 Å². The molecule has 0 heterocycles. The van der Waals surface area contributed by atoms with Crippen LogP contribution in [0.3, 0.4) is 0 Å². The largest absolute Gasteiger partial charge is 0.376 e. The van der Waals surface area contributed by atoms with Crippen molar-refractivity contribution >= 4 is 0 Å². The van der Waals surface area contributed by atoms with E-state index in [1.165, 1.54) is 12.8 Å². The van der Waals surface area contributed by atoms with Gasteiger partial charge < -0.3 is 10.1 Å². The van der Waals surface area contributed by atoms with E-state index in [1.807, 2.05) is 6.92 Å². The van der Waals surface area contributed by atoms with E-state index in [9.17, 15) is 0 Å². The van der Waals surface area contributed by atoms with Crippen LogP contribution in [0.1, 0.15) is 26.7 Å². The van der Waals surface area contributed by atoms with Gasteiger partial charge in [-0.25, -0.2) is 0 Å². The van der Waals surface area contributed by atoms with Gasteiger partial charge in [-0.1, -0.05) is 24.3 Å². The van der Waals surface area contributed by atoms with Crippen LogP contribution < -0.4 is 5.32 Å². The molecule has 2 rings (SSSR count). The first-order valence-electron chi connectivity index (χ1n) is 6.80. The summed E-state index contributed by atoms with van der Waals surface area (Å²) in [6.45, 7) is 10.6. The molecule has 1 N–H and O–H groups in total. The van der Waals surface area contributed by atoms with Crippen molar-refractivity contribution in [1.82, 2.24) is 5.32 Å². The second-order valence-corrected chi connectivity index (χ2v) is 5.70. The second kappa shape index (κ2) is 5.83. The van der Waals surface area contributed by atoms with E-state index in [2.05, 4.69) is 31.0 Å². The molecule has 2 bridgehead atoms. The number of hydrogen-bond donors (Lipinski definition) is 1. The molecule has 2 heteroatoms. The van der Waals surface area contributed by atoms with Crippen LogP contribution in [-0.4, -0.2) is 25.8 Å². The fraction of sp³-hybridized carbons (Fsp3) is 0.733. The molecule has 2 nitrogen and oxygen atoms in total. The summed E-state index contributed by atoms with van der Waals surface area (Å²) in [4.78, 5) is 0. The first-order valence-corrected chi connectivity index (χ1v) is 6.80. The van der Waals surface area contributed by atoms with Crippen molar-refractivity contribution in [2.75, 3.05) is 19.8 Å². The Morgan fingerprint density at radius 3 is 2.88 bits per heavy atom. The number of fused-ring (bicyclic) bond motifs is 2. The van der Waals surface area contributed by atoms with E-state index in [1.54, 1.807) is 0 Å². The standard InChI is InChI=1S/C15H25NO/c1-11(2)10-17-7-6-16-12(3)15-9-13-4-5-14(15)8-13/h4-5,12-16H,1,6-10H2,2-3H3. The average molecular weight is 235 g/mol. The summed E-state index contributed by atoms with van der Waals surface area (Å²) < 4.78 is 5.49. The predicted octanol–water partition coefficient (Wildman–Crippen LogP) is 2.77. The van der Waals surface area contributed by atoms with Crippen LogP contribution in [0.4, 0.5) is 0 Å². The molecule has 2 aliphatic carbocycles. The highest BCUT2D eigenvalue weighted by Gasteiger charge is 2.38. The highest BCUT2D eigenvalue weighted by atomic mass is 16.5. The van der Waals surface area contributed by atoms with Gasteiger partial charge >= 0.3 is 0 Å². The van der Waals surface area contributed by atoms with Crippen molar-refractivity contribution in [1.29, 1.82) is 0 Å². The van der Waals surface area contributed by atoms with Gasteiger partial charge in [0.25, 0.3) is 0 Å². The number of nitrogens with one attached hydrogen (secondary N) is 1. The van der Waals surface area contributed by atoms with Crippen molar-refractivity contribution in [2.24, 2.45) is 17.8 Å². The lowest BCUT2D eigenvalue weighted by atomic mass is 9.87. The molecule has 0 saturated heterocycles. The fourth-order valence-electron chi connectivity index (χ4n) is 3.15. The van der Waals surface area contributed by atoms with Gasteiger partial charge in [0.05, 0.1) is 13.2 Å². The molecule has 0 spiro atoms. The van der Waals surface area contributed by atoms with Crippen LogP contribution in [-0.2, 0) is 4.74 Å². The minimum atomic E-state index is 0.614. The Morgan fingerprint density at radius 2 is 2.29 bits per heavy atom. The Kier molecular flexibility index (Phi) is 4.41. The summed E-state index contributed by atoms with van der Waals surface area (Å²) in [5, 5.41) is 3.59. The van der Waals surface area contributed by atoms with Crippen molar-refractivity contribution < 1.29 is 4.74 Å². The normalized spacial score (nSPS) is 32.0. The zero-order chi connectivity index (χ0) is 12.3. The zero-order valence-corrected chi connectivity index (χ0v) is 11.1. The van der Waals surface area contributed by atoms with Crippen LogP contribution in [0, 0.1) is 17.8 Å². The van der Waals surface area contributed by atoms with Crippen LogP contribution in [0.2, 0.25) is 0 Å². The van der Waals surface area contributed by atoms with Crippen LogP contribution in [0.25, 0.3) is 0 Å². The smallest absolute Gasteiger partial charge is 0.0672 e. The van der Waals surface area contributed by atoms with E-state index >= 15 is 0 Å². The van der Waals surface area contributed by atoms with Gasteiger partial charge in [-0.3, -0.25) is 0 Å². The first-order chi connectivity index (χ1) is 8.16. The van der Waals surface area contributed by atoms with Crippen molar-refractivity contribution in [3.8, 4) is 0 Å². The average Bonchev–Trinajstić information content (AvgIpc) is 2.89. The molecule has 0 aliphatic heterocycles. The number of ether oxygens (including phenoxy) is 1. The van der Waals surface area contributed by atoms with Gasteiger partial charge in [0, 0.05) is 12.6 Å². The molecule has 4 atom stereocenters. The summed E-state index contributed by atoms with van der Waals surface area (Å²) in [7, 11) is 0. The topological polar surface area (TPSA) is 21.3 Å². The molecule has 17 heavy (non-hydrogen) atoms. The van der Waals surface area contributed by atoms with Crippen molar-refractivity contribution in [3.63, 3.8) is 0 Å². The Hall–Kier alpha value is -0.600. The SMILES string of the molecule is C=C(C)COCCNC(C)C1CC2C=CC1C2. The molecule has 1 fully saturated rings. The molecule has 2 aliphatic rings. The van der Waals surface area contributed by atoms with E-state index < -0.39 is 0 Å². The Bertz CT molecular complexity index is 297. The summed E-state index contributed by atoms with van der Waals surface area (Å²) in [5.41, 5.74) is 1.09. The lowest BCUT2D eigenvalue weighted by molar-refractivity contribution is 0.152. The summed E-state index contributed by atoms with van der Waals surface area (Å²) in [6, 6.07) is 0.614. The van der Waals surface area contributed by atoms with Gasteiger partial charge in [0.2, 0.25) is 0 Å². The highest BCUT2D eigenvalue weighted by Crippen LogP contribution is 2.44. The molecule has 96 valence electrons. The van der Waals surface area contributed by atoms with Gasteiger partial charge in [-0.2, -0.15) is 0 Å². The quantitative estimate of drug-likeness (QED) is 0.541. The van der Waals surface area contributed by atoms with Gasteiger partial charge in [-0.05, 0) is 44.4 Å². The Balaban J connectivity index is 1.60. The molecule has 0 aromatic carbocycles. The molecular weight excluding hydrogens is 210 g/mol. The third kappa shape index (κ3) is 3.43. The molecule has 0 radical (unpaired) electrons. The third-order valence-electron chi connectivity index (χ3n) is 4.03. The number of rotatable bonds is 7. The van der Waals surface area contributed by atoms with E-state index in [4.69, 9.17) is 4.74 Å². The second-order valence-electron chi connectivity index (χ2n) is 5.70. The Labute approximate surface area is 105 Å². The first kappa shape index (κ1) is 12.8. The lowest BCUT2D eigenvalue weighted by Gasteiger charge is -2.26. The third-order valence-corrected chi connectivity index (χ3v) is 4.03. The molecular formula is C15H25NO. The minimum absolute atomic E-state index is 0.614. The van der Waals surface area contributed by atoms with Crippen LogP contribution >= 0.6 is 0 Å². The maximum atomic E-state index is 5.49. The van der Waals surface area contributed by atoms with Crippen molar-refractivity contribution in [3.05, 3.63) is 24.3 Å². The minimum Gasteiger partial charge on any atom is -0.376 e. The summed E-state index contributed by atoms with van der Waals surface area (Å²) in [5.74, 6) is 2.54. The van der Waals surface area contributed by atoms with Gasteiger partial charge in [0.1, 0.15) is 0 Å². The molecule has 0 aromatic rings. The van der Waals surface area contributed by atoms with E-state index in [0.29, 0.717) is 12.6 Å². The van der Waals surface area contributed by atoms with E-state index in [0.717, 1.165) is 36.5 Å². The zero-order valence-electron chi connectivity index (χ0n) is 11.1.